The smallest absolute Gasteiger partial charge is 0.337 e. The molecule has 0 radical (unpaired) electrons. The van der Waals surface area contributed by atoms with Crippen LogP contribution < -0.4 is 10.1 Å². The molecule has 4 aromatic rings. The van der Waals surface area contributed by atoms with Gasteiger partial charge in [-0.1, -0.05) is 72.8 Å². The highest BCUT2D eigenvalue weighted by molar-refractivity contribution is 5.89. The zero-order chi connectivity index (χ0) is 23.5. The van der Waals surface area contributed by atoms with Crippen molar-refractivity contribution in [2.24, 2.45) is 0 Å². The second-order valence-corrected chi connectivity index (χ2v) is 8.88. The predicted octanol–water partition coefficient (Wildman–Crippen LogP) is 6.26. The van der Waals surface area contributed by atoms with Crippen molar-refractivity contribution in [1.82, 2.24) is 5.32 Å². The van der Waals surface area contributed by atoms with Crippen LogP contribution in [0.5, 0.6) is 5.75 Å². The first kappa shape index (κ1) is 22.2. The number of carbonyl (C=O) groups excluding carboxylic acids is 1. The molecule has 5 rings (SSSR count). The van der Waals surface area contributed by atoms with Crippen LogP contribution in [0.2, 0.25) is 0 Å². The molecule has 4 aromatic carbocycles. The van der Waals surface area contributed by atoms with Crippen LogP contribution in [0.25, 0.3) is 10.8 Å². The summed E-state index contributed by atoms with van der Waals surface area (Å²) in [5.74, 6) is 0.741. The third kappa shape index (κ3) is 4.42. The number of nitrogens with one attached hydrogen (secondary N) is 1. The van der Waals surface area contributed by atoms with E-state index in [1.807, 2.05) is 30.3 Å². The molecule has 3 atom stereocenters. The molecule has 0 aliphatic carbocycles. The average Bonchev–Trinajstić information content (AvgIpc) is 2.90. The first-order valence-electron chi connectivity index (χ1n) is 11.8. The van der Waals surface area contributed by atoms with Gasteiger partial charge in [0.25, 0.3) is 0 Å². The summed E-state index contributed by atoms with van der Waals surface area (Å²) in [5, 5.41) is 6.23. The van der Waals surface area contributed by atoms with Crippen LogP contribution in [0.1, 0.15) is 52.4 Å². The maximum Gasteiger partial charge on any atom is 0.337 e. The highest BCUT2D eigenvalue weighted by atomic mass is 16.5. The Hall–Kier alpha value is -3.63. The van der Waals surface area contributed by atoms with Gasteiger partial charge in [0.1, 0.15) is 11.9 Å². The van der Waals surface area contributed by atoms with Crippen LogP contribution in [-0.4, -0.2) is 25.7 Å². The minimum absolute atomic E-state index is 0.0131. The fraction of sp³-hybridized carbons (Fsp3) is 0.233. The van der Waals surface area contributed by atoms with Crippen LogP contribution >= 0.6 is 0 Å². The molecule has 1 aliphatic rings. The predicted molar refractivity (Wildman–Crippen MR) is 135 cm³/mol. The molecule has 4 heteroatoms. The molecule has 2 unspecified atom stereocenters. The summed E-state index contributed by atoms with van der Waals surface area (Å²) in [5.41, 5.74) is 4.12. The van der Waals surface area contributed by atoms with Crippen molar-refractivity contribution in [3.8, 4) is 5.75 Å². The zero-order valence-corrected chi connectivity index (χ0v) is 19.5. The molecule has 0 spiro atoms. The molecule has 172 valence electrons. The number of esters is 1. The van der Waals surface area contributed by atoms with Gasteiger partial charge in [0.2, 0.25) is 0 Å². The Morgan fingerprint density at radius 1 is 1.00 bits per heavy atom. The van der Waals surface area contributed by atoms with Gasteiger partial charge in [-0.3, -0.25) is 0 Å². The van der Waals surface area contributed by atoms with Crippen molar-refractivity contribution in [3.63, 3.8) is 0 Å². The van der Waals surface area contributed by atoms with Crippen molar-refractivity contribution in [1.29, 1.82) is 0 Å². The number of hydrogen-bond donors (Lipinski definition) is 1. The summed E-state index contributed by atoms with van der Waals surface area (Å²) < 4.78 is 11.3. The summed E-state index contributed by atoms with van der Waals surface area (Å²) in [6, 6.07) is 31.1. The summed E-state index contributed by atoms with van der Waals surface area (Å²) in [7, 11) is 1.41. The van der Waals surface area contributed by atoms with Crippen molar-refractivity contribution in [3.05, 3.63) is 113 Å². The van der Waals surface area contributed by atoms with E-state index in [1.54, 1.807) is 6.07 Å². The fourth-order valence-corrected chi connectivity index (χ4v) is 4.98. The standard InChI is InChI=1S/C30H29NO3/c1-20(25-15-8-10-21-9-3-4-13-26(21)25)31-19-24-18-28(27-14-5-6-16-29(27)34-24)22-11-7-12-23(17-22)30(32)33-2/h3-17,20,24,28,31H,18-19H2,1-2H3/t20-,24?,28?/m1/s1. The van der Waals surface area contributed by atoms with Gasteiger partial charge in [0.05, 0.1) is 12.7 Å². The average molecular weight is 452 g/mol. The van der Waals surface area contributed by atoms with E-state index >= 15 is 0 Å². The highest BCUT2D eigenvalue weighted by Crippen LogP contribution is 2.40. The second kappa shape index (κ2) is 9.70. The number of carbonyl (C=O) groups is 1. The quantitative estimate of drug-likeness (QED) is 0.352. The Morgan fingerprint density at radius 3 is 2.65 bits per heavy atom. The Kier molecular flexibility index (Phi) is 6.33. The Labute approximate surface area is 200 Å². The van der Waals surface area contributed by atoms with Crippen LogP contribution in [-0.2, 0) is 4.74 Å². The third-order valence-electron chi connectivity index (χ3n) is 6.74. The number of ether oxygens (including phenoxy) is 2. The van der Waals surface area contributed by atoms with E-state index in [2.05, 4.69) is 66.8 Å². The number of hydrogen-bond acceptors (Lipinski definition) is 4. The first-order chi connectivity index (χ1) is 16.6. The van der Waals surface area contributed by atoms with Gasteiger partial charge in [0, 0.05) is 24.1 Å². The molecule has 1 aliphatic heterocycles. The Balaban J connectivity index is 1.37. The van der Waals surface area contributed by atoms with Crippen LogP contribution in [0.3, 0.4) is 0 Å². The van der Waals surface area contributed by atoms with Gasteiger partial charge in [-0.05, 0) is 53.4 Å². The van der Waals surface area contributed by atoms with Gasteiger partial charge in [-0.15, -0.1) is 0 Å². The van der Waals surface area contributed by atoms with E-state index in [1.165, 1.54) is 23.4 Å². The van der Waals surface area contributed by atoms with Crippen LogP contribution in [0.4, 0.5) is 0 Å². The molecule has 1 N–H and O–H groups in total. The molecule has 34 heavy (non-hydrogen) atoms. The van der Waals surface area contributed by atoms with E-state index in [0.29, 0.717) is 5.56 Å². The molecule has 0 aromatic heterocycles. The number of methoxy groups -OCH3 is 1. The summed E-state index contributed by atoms with van der Waals surface area (Å²) >= 11 is 0. The molecule has 4 nitrogen and oxygen atoms in total. The maximum atomic E-state index is 12.1. The number of fused-ring (bicyclic) bond motifs is 2. The van der Waals surface area contributed by atoms with Crippen LogP contribution in [0.15, 0.2) is 91.0 Å². The zero-order valence-electron chi connectivity index (χ0n) is 19.5. The van der Waals surface area contributed by atoms with Gasteiger partial charge >= 0.3 is 5.97 Å². The third-order valence-corrected chi connectivity index (χ3v) is 6.74. The molecular formula is C30H29NO3. The molecule has 0 saturated carbocycles. The van der Waals surface area contributed by atoms with Crippen LogP contribution in [0, 0.1) is 0 Å². The van der Waals surface area contributed by atoms with E-state index in [9.17, 15) is 4.79 Å². The molecular weight excluding hydrogens is 422 g/mol. The van der Waals surface area contributed by atoms with E-state index in [-0.39, 0.29) is 24.0 Å². The lowest BCUT2D eigenvalue weighted by Gasteiger charge is -2.33. The van der Waals surface area contributed by atoms with Gasteiger partial charge in [-0.2, -0.15) is 0 Å². The Bertz CT molecular complexity index is 1310. The first-order valence-corrected chi connectivity index (χ1v) is 11.8. The summed E-state index contributed by atoms with van der Waals surface area (Å²) in [6.45, 7) is 2.93. The van der Waals surface area contributed by atoms with E-state index < -0.39 is 0 Å². The van der Waals surface area contributed by atoms with Gasteiger partial charge in [0.15, 0.2) is 0 Å². The molecule has 0 bridgehead atoms. The lowest BCUT2D eigenvalue weighted by molar-refractivity contribution is 0.0600. The number of para-hydroxylation sites is 1. The fourth-order valence-electron chi connectivity index (χ4n) is 4.98. The molecule has 0 fully saturated rings. The molecule has 0 saturated heterocycles. The minimum atomic E-state index is -0.315. The van der Waals surface area contributed by atoms with E-state index in [4.69, 9.17) is 9.47 Å². The van der Waals surface area contributed by atoms with Crippen molar-refractivity contribution in [2.45, 2.75) is 31.4 Å². The SMILES string of the molecule is COC(=O)c1cccc(C2CC(CN[C@H](C)c3cccc4ccccc34)Oc3ccccc32)c1. The second-order valence-electron chi connectivity index (χ2n) is 8.88. The van der Waals surface area contributed by atoms with Gasteiger partial charge in [-0.25, -0.2) is 4.79 Å². The largest absolute Gasteiger partial charge is 0.489 e. The normalized spacial score (nSPS) is 18.1. The van der Waals surface area contributed by atoms with Gasteiger partial charge < -0.3 is 14.8 Å². The lowest BCUT2D eigenvalue weighted by atomic mass is 9.83. The monoisotopic (exact) mass is 451 g/mol. The maximum absolute atomic E-state index is 12.1. The van der Waals surface area contributed by atoms with Crippen molar-refractivity contribution in [2.75, 3.05) is 13.7 Å². The number of benzene rings is 4. The molecule has 1 heterocycles. The van der Waals surface area contributed by atoms with Crippen molar-refractivity contribution >= 4 is 16.7 Å². The summed E-state index contributed by atoms with van der Waals surface area (Å²) in [6.07, 6.45) is 0.843. The minimum Gasteiger partial charge on any atom is -0.489 e. The molecule has 0 amide bonds. The highest BCUT2D eigenvalue weighted by Gasteiger charge is 2.30. The Morgan fingerprint density at radius 2 is 1.76 bits per heavy atom. The lowest BCUT2D eigenvalue weighted by Crippen LogP contribution is -2.37. The van der Waals surface area contributed by atoms with E-state index in [0.717, 1.165) is 29.8 Å². The van der Waals surface area contributed by atoms with Crippen molar-refractivity contribution < 1.29 is 14.3 Å². The number of rotatable bonds is 6. The topological polar surface area (TPSA) is 47.6 Å². The summed E-state index contributed by atoms with van der Waals surface area (Å²) in [4.78, 5) is 12.1.